The highest BCUT2D eigenvalue weighted by molar-refractivity contribution is 5.77. The number of aromatic nitrogens is 1. The van der Waals surface area contributed by atoms with Crippen molar-refractivity contribution in [3.8, 4) is 0 Å². The molecule has 1 aliphatic heterocycles. The molecule has 0 aliphatic carbocycles. The number of carboxylic acids is 1. The first-order chi connectivity index (χ1) is 13.9. The number of aliphatic hydroxyl groups excluding tert-OH is 1. The van der Waals surface area contributed by atoms with E-state index in [9.17, 15) is 14.7 Å². The highest BCUT2D eigenvalue weighted by Crippen LogP contribution is 2.27. The van der Waals surface area contributed by atoms with E-state index >= 15 is 0 Å². The van der Waals surface area contributed by atoms with Gasteiger partial charge in [0.15, 0.2) is 0 Å². The number of hydrogen-bond acceptors (Lipinski definition) is 4. The Morgan fingerprint density at radius 2 is 2.17 bits per heavy atom. The zero-order valence-corrected chi connectivity index (χ0v) is 17.6. The van der Waals surface area contributed by atoms with Crippen LogP contribution in [-0.4, -0.2) is 50.7 Å². The van der Waals surface area contributed by atoms with E-state index < -0.39 is 12.1 Å². The lowest BCUT2D eigenvalue weighted by atomic mass is 9.86. The molecule has 0 bridgehead atoms. The standard InChI is InChI=1S/C23H34N2O4/c1-17(15-20(26)16-19-10-7-9-18(2)24-19)21-11-8-12-22(27)25(21)14-6-4-3-5-13-23(28)29/h4,6-7,9-10,17,20-21,26H,3,5,8,11-16H2,1-2H3,(H,28,29)/b6-4-/t17-,20?,21+/m0/s1. The van der Waals surface area contributed by atoms with Crippen LogP contribution in [0.15, 0.2) is 30.4 Å². The van der Waals surface area contributed by atoms with Gasteiger partial charge in [0, 0.05) is 43.2 Å². The molecule has 1 aromatic rings. The quantitative estimate of drug-likeness (QED) is 0.437. The second-order valence-corrected chi connectivity index (χ2v) is 8.10. The summed E-state index contributed by atoms with van der Waals surface area (Å²) in [5.74, 6) is -0.421. The Labute approximate surface area is 173 Å². The summed E-state index contributed by atoms with van der Waals surface area (Å²) in [6, 6.07) is 5.96. The molecule has 1 aromatic heterocycles. The van der Waals surface area contributed by atoms with Crippen molar-refractivity contribution in [2.45, 2.75) is 77.4 Å². The van der Waals surface area contributed by atoms with Gasteiger partial charge in [-0.05, 0) is 57.1 Å². The van der Waals surface area contributed by atoms with Crippen molar-refractivity contribution in [1.82, 2.24) is 9.88 Å². The van der Waals surface area contributed by atoms with Crippen molar-refractivity contribution in [3.63, 3.8) is 0 Å². The van der Waals surface area contributed by atoms with Crippen LogP contribution in [0.5, 0.6) is 0 Å². The summed E-state index contributed by atoms with van der Waals surface area (Å²) in [4.78, 5) is 29.4. The molecule has 6 nitrogen and oxygen atoms in total. The Hall–Kier alpha value is -2.21. The molecule has 6 heteroatoms. The van der Waals surface area contributed by atoms with Crippen LogP contribution in [-0.2, 0) is 16.0 Å². The second-order valence-electron chi connectivity index (χ2n) is 8.10. The van der Waals surface area contributed by atoms with Crippen LogP contribution in [0.1, 0.15) is 63.3 Å². The van der Waals surface area contributed by atoms with Gasteiger partial charge in [-0.2, -0.15) is 0 Å². The van der Waals surface area contributed by atoms with Gasteiger partial charge in [0.1, 0.15) is 0 Å². The van der Waals surface area contributed by atoms with Crippen LogP contribution < -0.4 is 0 Å². The molecule has 1 saturated heterocycles. The van der Waals surface area contributed by atoms with Crippen molar-refractivity contribution in [2.24, 2.45) is 5.92 Å². The van der Waals surface area contributed by atoms with Crippen LogP contribution in [0.4, 0.5) is 0 Å². The first kappa shape index (κ1) is 23.1. The molecule has 2 heterocycles. The fraction of sp³-hybridized carbons (Fsp3) is 0.609. The number of carbonyl (C=O) groups excluding carboxylic acids is 1. The number of unbranched alkanes of at least 4 members (excludes halogenated alkanes) is 1. The Bertz CT molecular complexity index is 704. The molecule has 29 heavy (non-hydrogen) atoms. The molecule has 160 valence electrons. The predicted molar refractivity (Wildman–Crippen MR) is 112 cm³/mol. The number of rotatable bonds is 11. The van der Waals surface area contributed by atoms with Crippen molar-refractivity contribution in [2.75, 3.05) is 6.54 Å². The Morgan fingerprint density at radius 3 is 2.90 bits per heavy atom. The third-order valence-corrected chi connectivity index (χ3v) is 5.53. The third-order valence-electron chi connectivity index (χ3n) is 5.53. The molecular weight excluding hydrogens is 368 g/mol. The fourth-order valence-electron chi connectivity index (χ4n) is 4.08. The Morgan fingerprint density at radius 1 is 1.38 bits per heavy atom. The van der Waals surface area contributed by atoms with Crippen LogP contribution in [0.3, 0.4) is 0 Å². The van der Waals surface area contributed by atoms with E-state index in [2.05, 4.69) is 11.9 Å². The van der Waals surface area contributed by atoms with E-state index in [1.807, 2.05) is 42.2 Å². The largest absolute Gasteiger partial charge is 0.481 e. The van der Waals surface area contributed by atoms with Gasteiger partial charge in [-0.1, -0.05) is 25.1 Å². The number of aliphatic carboxylic acids is 1. The molecule has 3 atom stereocenters. The maximum absolute atomic E-state index is 12.5. The number of likely N-dealkylation sites (tertiary alicyclic amines) is 1. The molecule has 0 spiro atoms. The van der Waals surface area contributed by atoms with E-state index in [0.29, 0.717) is 38.6 Å². The maximum atomic E-state index is 12.5. The number of aliphatic hydroxyl groups is 1. The number of piperidine rings is 1. The lowest BCUT2D eigenvalue weighted by Gasteiger charge is -2.39. The number of pyridine rings is 1. The summed E-state index contributed by atoms with van der Waals surface area (Å²) in [5, 5.41) is 19.2. The van der Waals surface area contributed by atoms with E-state index in [1.54, 1.807) is 0 Å². The van der Waals surface area contributed by atoms with E-state index in [1.165, 1.54) is 0 Å². The third kappa shape index (κ3) is 7.97. The molecule has 1 unspecified atom stereocenters. The van der Waals surface area contributed by atoms with Crippen LogP contribution >= 0.6 is 0 Å². The van der Waals surface area contributed by atoms with Gasteiger partial charge in [-0.15, -0.1) is 0 Å². The van der Waals surface area contributed by atoms with Gasteiger partial charge in [-0.25, -0.2) is 0 Å². The van der Waals surface area contributed by atoms with Gasteiger partial charge < -0.3 is 15.1 Å². The number of carboxylic acid groups (broad SMARTS) is 1. The highest BCUT2D eigenvalue weighted by Gasteiger charge is 2.32. The average Bonchev–Trinajstić information content (AvgIpc) is 2.65. The van der Waals surface area contributed by atoms with E-state index in [4.69, 9.17) is 5.11 Å². The summed E-state index contributed by atoms with van der Waals surface area (Å²) >= 11 is 0. The number of nitrogens with zero attached hydrogens (tertiary/aromatic N) is 2. The first-order valence-electron chi connectivity index (χ1n) is 10.6. The van der Waals surface area contributed by atoms with Crippen LogP contribution in [0.2, 0.25) is 0 Å². The van der Waals surface area contributed by atoms with Gasteiger partial charge in [0.05, 0.1) is 6.10 Å². The number of allylic oxidation sites excluding steroid dienone is 1. The molecule has 1 aliphatic rings. The minimum absolute atomic E-state index is 0.125. The smallest absolute Gasteiger partial charge is 0.303 e. The highest BCUT2D eigenvalue weighted by atomic mass is 16.4. The summed E-state index contributed by atoms with van der Waals surface area (Å²) in [6.45, 7) is 4.61. The summed E-state index contributed by atoms with van der Waals surface area (Å²) in [5.41, 5.74) is 1.84. The van der Waals surface area contributed by atoms with Gasteiger partial charge >= 0.3 is 5.97 Å². The molecule has 0 saturated carbocycles. The van der Waals surface area contributed by atoms with Crippen molar-refractivity contribution < 1.29 is 19.8 Å². The van der Waals surface area contributed by atoms with Gasteiger partial charge in [0.25, 0.3) is 0 Å². The van der Waals surface area contributed by atoms with E-state index in [-0.39, 0.29) is 24.3 Å². The molecular formula is C23H34N2O4. The molecule has 2 N–H and O–H groups in total. The first-order valence-corrected chi connectivity index (χ1v) is 10.6. The Balaban J connectivity index is 1.88. The second kappa shape index (κ2) is 11.7. The van der Waals surface area contributed by atoms with Gasteiger partial charge in [-0.3, -0.25) is 14.6 Å². The topological polar surface area (TPSA) is 90.7 Å². The molecule has 1 fully saturated rings. The minimum atomic E-state index is -0.780. The zero-order valence-electron chi connectivity index (χ0n) is 17.6. The van der Waals surface area contributed by atoms with Crippen molar-refractivity contribution in [3.05, 3.63) is 41.7 Å². The lowest BCUT2D eigenvalue weighted by molar-refractivity contribution is -0.138. The number of aryl methyl sites for hydroxylation is 1. The predicted octanol–water partition coefficient (Wildman–Crippen LogP) is 3.51. The van der Waals surface area contributed by atoms with Gasteiger partial charge in [0.2, 0.25) is 5.91 Å². The SMILES string of the molecule is Cc1cccc(CC(O)C[C@H](C)[C@H]2CCCC(=O)N2C/C=C\CCCC(=O)O)n1. The number of carbonyl (C=O) groups is 2. The number of amides is 1. The van der Waals surface area contributed by atoms with Crippen LogP contribution in [0, 0.1) is 12.8 Å². The minimum Gasteiger partial charge on any atom is -0.481 e. The van der Waals surface area contributed by atoms with Crippen molar-refractivity contribution in [1.29, 1.82) is 0 Å². The molecule has 0 aromatic carbocycles. The molecule has 2 rings (SSSR count). The fourth-order valence-corrected chi connectivity index (χ4v) is 4.08. The Kier molecular flexibility index (Phi) is 9.32. The summed E-state index contributed by atoms with van der Waals surface area (Å²) in [7, 11) is 0. The summed E-state index contributed by atoms with van der Waals surface area (Å²) in [6.07, 6.45) is 8.51. The molecule has 1 amide bonds. The lowest BCUT2D eigenvalue weighted by Crippen LogP contribution is -2.47. The summed E-state index contributed by atoms with van der Waals surface area (Å²) < 4.78 is 0. The van der Waals surface area contributed by atoms with Crippen molar-refractivity contribution >= 4 is 11.9 Å². The average molecular weight is 403 g/mol. The number of hydrogen-bond donors (Lipinski definition) is 2. The molecule has 0 radical (unpaired) electrons. The maximum Gasteiger partial charge on any atom is 0.303 e. The monoisotopic (exact) mass is 402 g/mol. The van der Waals surface area contributed by atoms with Crippen LogP contribution in [0.25, 0.3) is 0 Å². The zero-order chi connectivity index (χ0) is 21.2. The van der Waals surface area contributed by atoms with E-state index in [0.717, 1.165) is 24.2 Å². The normalized spacial score (nSPS) is 19.5.